The fourth-order valence-electron chi connectivity index (χ4n) is 2.18. The van der Waals surface area contributed by atoms with Crippen LogP contribution < -0.4 is 16.6 Å². The number of rotatable bonds is 6. The zero-order valence-electron chi connectivity index (χ0n) is 13.7. The number of primary amides is 1. The number of aryl methyl sites for hydroxylation is 1. The van der Waals surface area contributed by atoms with Crippen molar-refractivity contribution >= 4 is 17.8 Å². The minimum absolute atomic E-state index is 0.357. The summed E-state index contributed by atoms with van der Waals surface area (Å²) in [5.74, 6) is -4.21. The molecule has 0 aliphatic heterocycles. The van der Waals surface area contributed by atoms with Crippen molar-refractivity contribution in [2.24, 2.45) is 5.73 Å². The maximum atomic E-state index is 12.3. The number of benzene rings is 1. The second kappa shape index (κ2) is 7.47. The Morgan fingerprint density at radius 3 is 2.58 bits per heavy atom. The molecule has 0 fully saturated rings. The number of carboxylic acids is 1. The van der Waals surface area contributed by atoms with E-state index in [1.54, 1.807) is 31.2 Å². The lowest BCUT2D eigenvalue weighted by atomic mass is 10.2. The Morgan fingerprint density at radius 1 is 1.31 bits per heavy atom. The van der Waals surface area contributed by atoms with Gasteiger partial charge < -0.3 is 21.3 Å². The molecule has 2 rings (SSSR count). The fraction of sp³-hybridized carbons (Fsp3) is 0.188. The number of aliphatic carboxylic acids is 1. The molecule has 0 saturated carbocycles. The number of aromatic hydroxyl groups is 1. The number of aromatic nitrogens is 2. The molecule has 1 heterocycles. The van der Waals surface area contributed by atoms with Gasteiger partial charge in [0.1, 0.15) is 6.04 Å². The first kappa shape index (κ1) is 18.6. The van der Waals surface area contributed by atoms with E-state index in [4.69, 9.17) is 10.8 Å². The Bertz CT molecular complexity index is 937. The summed E-state index contributed by atoms with van der Waals surface area (Å²) in [5, 5.41) is 24.7. The number of nitrogens with two attached hydrogens (primary N) is 1. The van der Waals surface area contributed by atoms with Gasteiger partial charge in [-0.25, -0.2) is 4.79 Å². The second-order valence-corrected chi connectivity index (χ2v) is 5.50. The summed E-state index contributed by atoms with van der Waals surface area (Å²) in [7, 11) is 0. The fourth-order valence-corrected chi connectivity index (χ4v) is 2.18. The smallest absolute Gasteiger partial charge is 0.326 e. The highest BCUT2D eigenvalue weighted by atomic mass is 16.4. The molecule has 10 nitrogen and oxygen atoms in total. The summed E-state index contributed by atoms with van der Waals surface area (Å²) in [6.07, 6.45) is -0.640. The zero-order valence-corrected chi connectivity index (χ0v) is 13.7. The SMILES string of the molecule is Cc1cccc(-n2nc(C(=O)NC(CC(N)=O)C(=O)O)c(O)cc2=O)c1. The molecule has 2 amide bonds. The Morgan fingerprint density at radius 2 is 2.00 bits per heavy atom. The minimum atomic E-state index is -1.60. The van der Waals surface area contributed by atoms with Crippen molar-refractivity contribution in [2.75, 3.05) is 0 Å². The van der Waals surface area contributed by atoms with E-state index in [0.29, 0.717) is 5.69 Å². The van der Waals surface area contributed by atoms with Crippen LogP contribution in [0.15, 0.2) is 35.1 Å². The molecule has 0 saturated heterocycles. The molecule has 10 heteroatoms. The van der Waals surface area contributed by atoms with Crippen LogP contribution in [0.2, 0.25) is 0 Å². The van der Waals surface area contributed by atoms with E-state index in [0.717, 1.165) is 16.3 Å². The van der Waals surface area contributed by atoms with E-state index >= 15 is 0 Å². The first-order valence-electron chi connectivity index (χ1n) is 7.41. The Labute approximate surface area is 146 Å². The van der Waals surface area contributed by atoms with Gasteiger partial charge in [-0.3, -0.25) is 14.4 Å². The van der Waals surface area contributed by atoms with Gasteiger partial charge in [0.2, 0.25) is 5.91 Å². The van der Waals surface area contributed by atoms with Crippen LogP contribution in [-0.2, 0) is 9.59 Å². The highest BCUT2D eigenvalue weighted by Crippen LogP contribution is 2.14. The summed E-state index contributed by atoms with van der Waals surface area (Å²) < 4.78 is 0.894. The van der Waals surface area contributed by atoms with Crippen LogP contribution in [0.25, 0.3) is 5.69 Å². The molecule has 26 heavy (non-hydrogen) atoms. The van der Waals surface area contributed by atoms with Gasteiger partial charge in [0, 0.05) is 6.07 Å². The monoisotopic (exact) mass is 360 g/mol. The van der Waals surface area contributed by atoms with Crippen LogP contribution in [0.3, 0.4) is 0 Å². The first-order valence-corrected chi connectivity index (χ1v) is 7.41. The van der Waals surface area contributed by atoms with Crippen LogP contribution in [0, 0.1) is 6.92 Å². The van der Waals surface area contributed by atoms with E-state index in [1.165, 1.54) is 0 Å². The van der Waals surface area contributed by atoms with Gasteiger partial charge in [-0.1, -0.05) is 12.1 Å². The lowest BCUT2D eigenvalue weighted by Gasteiger charge is -2.14. The van der Waals surface area contributed by atoms with Crippen molar-refractivity contribution in [2.45, 2.75) is 19.4 Å². The molecule has 0 radical (unpaired) electrons. The molecular formula is C16H16N4O6. The number of carbonyl (C=O) groups excluding carboxylic acids is 2. The van der Waals surface area contributed by atoms with Gasteiger partial charge in [-0.15, -0.1) is 0 Å². The molecule has 1 atom stereocenters. The second-order valence-electron chi connectivity index (χ2n) is 5.50. The third-order valence-electron chi connectivity index (χ3n) is 3.38. The Balaban J connectivity index is 2.41. The van der Waals surface area contributed by atoms with Crippen molar-refractivity contribution in [3.63, 3.8) is 0 Å². The van der Waals surface area contributed by atoms with Crippen LogP contribution in [0.1, 0.15) is 22.5 Å². The number of nitrogens with one attached hydrogen (secondary N) is 1. The van der Waals surface area contributed by atoms with Crippen LogP contribution in [0.4, 0.5) is 0 Å². The van der Waals surface area contributed by atoms with Gasteiger partial charge in [-0.2, -0.15) is 9.78 Å². The van der Waals surface area contributed by atoms with E-state index in [2.05, 4.69) is 5.10 Å². The van der Waals surface area contributed by atoms with Crippen molar-refractivity contribution < 1.29 is 24.6 Å². The van der Waals surface area contributed by atoms with Gasteiger partial charge in [0.15, 0.2) is 11.4 Å². The first-order chi connectivity index (χ1) is 12.2. The van der Waals surface area contributed by atoms with Crippen LogP contribution in [-0.4, -0.2) is 43.8 Å². The summed E-state index contributed by atoms with van der Waals surface area (Å²) >= 11 is 0. The average molecular weight is 360 g/mol. The van der Waals surface area contributed by atoms with Gasteiger partial charge in [0.25, 0.3) is 11.5 Å². The third kappa shape index (κ3) is 4.23. The lowest BCUT2D eigenvalue weighted by molar-refractivity contribution is -0.140. The maximum absolute atomic E-state index is 12.3. The number of carbonyl (C=O) groups is 3. The van der Waals surface area contributed by atoms with Crippen LogP contribution in [0.5, 0.6) is 5.75 Å². The number of nitrogens with zero attached hydrogens (tertiary/aromatic N) is 2. The topological polar surface area (TPSA) is 165 Å². The molecule has 1 unspecified atom stereocenters. The van der Waals surface area contributed by atoms with Gasteiger partial charge in [-0.05, 0) is 24.6 Å². The molecule has 136 valence electrons. The van der Waals surface area contributed by atoms with Crippen molar-refractivity contribution in [3.8, 4) is 11.4 Å². The van der Waals surface area contributed by atoms with E-state index < -0.39 is 47.2 Å². The predicted octanol–water partition coefficient (Wildman–Crippen LogP) is -0.695. The van der Waals surface area contributed by atoms with Crippen LogP contribution >= 0.6 is 0 Å². The predicted molar refractivity (Wildman–Crippen MR) is 88.9 cm³/mol. The summed E-state index contributed by atoms with van der Waals surface area (Å²) in [5.41, 5.74) is 4.89. The molecule has 0 aliphatic rings. The lowest BCUT2D eigenvalue weighted by Crippen LogP contribution is -2.44. The van der Waals surface area contributed by atoms with Crippen molar-refractivity contribution in [1.29, 1.82) is 0 Å². The quantitative estimate of drug-likeness (QED) is 0.529. The number of carboxylic acid groups (broad SMARTS) is 1. The van der Waals surface area contributed by atoms with Gasteiger partial charge in [0.05, 0.1) is 12.1 Å². The number of hydrogen-bond acceptors (Lipinski definition) is 6. The molecule has 1 aromatic carbocycles. The molecule has 0 aliphatic carbocycles. The van der Waals surface area contributed by atoms with E-state index in [1.807, 2.05) is 5.32 Å². The largest absolute Gasteiger partial charge is 0.505 e. The molecule has 5 N–H and O–H groups in total. The molecular weight excluding hydrogens is 344 g/mol. The molecule has 0 bridgehead atoms. The summed E-state index contributed by atoms with van der Waals surface area (Å²) in [6.45, 7) is 1.80. The van der Waals surface area contributed by atoms with E-state index in [-0.39, 0.29) is 0 Å². The zero-order chi connectivity index (χ0) is 19.4. The Kier molecular flexibility index (Phi) is 5.36. The highest BCUT2D eigenvalue weighted by molar-refractivity contribution is 5.97. The Hall–Kier alpha value is -3.69. The summed E-state index contributed by atoms with van der Waals surface area (Å²) in [4.78, 5) is 46.3. The highest BCUT2D eigenvalue weighted by Gasteiger charge is 2.25. The van der Waals surface area contributed by atoms with Gasteiger partial charge >= 0.3 is 5.97 Å². The summed E-state index contributed by atoms with van der Waals surface area (Å²) in [6, 6.07) is 5.88. The van der Waals surface area contributed by atoms with Crippen molar-refractivity contribution in [3.05, 3.63) is 51.9 Å². The molecule has 0 spiro atoms. The molecule has 2 aromatic rings. The average Bonchev–Trinajstić information content (AvgIpc) is 2.53. The third-order valence-corrected chi connectivity index (χ3v) is 3.38. The number of hydrogen-bond donors (Lipinski definition) is 4. The maximum Gasteiger partial charge on any atom is 0.326 e. The molecule has 1 aromatic heterocycles. The van der Waals surface area contributed by atoms with Crippen molar-refractivity contribution in [1.82, 2.24) is 15.1 Å². The normalized spacial score (nSPS) is 11.6. The van der Waals surface area contributed by atoms with E-state index in [9.17, 15) is 24.3 Å². The number of amides is 2. The minimum Gasteiger partial charge on any atom is -0.505 e. The standard InChI is InChI=1S/C16H16N4O6/c1-8-3-2-4-9(5-8)20-13(23)7-11(21)14(19-20)15(24)18-10(16(25)26)6-12(17)22/h2-5,7,10,21H,6H2,1H3,(H2,17,22)(H,18,24)(H,25,26).